The molecule has 0 rings (SSSR count). The molecule has 0 radical (unpaired) electrons. The molecule has 1 N–H and O–H groups in total. The first-order valence-electron chi connectivity index (χ1n) is 7.42. The van der Waals surface area contributed by atoms with Crippen LogP contribution in [0.3, 0.4) is 0 Å². The summed E-state index contributed by atoms with van der Waals surface area (Å²) in [6, 6.07) is -0.163. The van der Waals surface area contributed by atoms with E-state index in [1.807, 2.05) is 26.8 Å². The quantitative estimate of drug-likeness (QED) is 0.696. The van der Waals surface area contributed by atoms with Gasteiger partial charge in [0.05, 0.1) is 12.6 Å². The molecular formula is C16H28N2O3. The molecule has 0 spiro atoms. The molecule has 0 aromatic heterocycles. The molecule has 0 aromatic carbocycles. The van der Waals surface area contributed by atoms with E-state index in [4.69, 9.17) is 0 Å². The van der Waals surface area contributed by atoms with E-state index in [1.165, 1.54) is 6.92 Å². The van der Waals surface area contributed by atoms with Crippen molar-refractivity contribution in [3.05, 3.63) is 11.6 Å². The molecule has 0 fully saturated rings. The predicted molar refractivity (Wildman–Crippen MR) is 83.8 cm³/mol. The van der Waals surface area contributed by atoms with Crippen molar-refractivity contribution in [3.8, 4) is 0 Å². The van der Waals surface area contributed by atoms with E-state index in [2.05, 4.69) is 5.32 Å². The van der Waals surface area contributed by atoms with Crippen LogP contribution in [-0.2, 0) is 14.4 Å². The van der Waals surface area contributed by atoms with Gasteiger partial charge in [-0.1, -0.05) is 26.8 Å². The summed E-state index contributed by atoms with van der Waals surface area (Å²) in [5, 5.41) is 2.62. The van der Waals surface area contributed by atoms with Crippen molar-refractivity contribution < 1.29 is 14.4 Å². The number of Topliss-reactive ketones (excluding diaryl/α,β-unsaturated/α-hetero) is 1. The van der Waals surface area contributed by atoms with Crippen molar-refractivity contribution in [3.63, 3.8) is 0 Å². The maximum Gasteiger partial charge on any atom is 0.242 e. The standard InChI is InChI=1S/C16H28N2O3/c1-7-8-15(20)17-10-16(21)18(6)14(11(2)3)9-12(4)13(5)19/h9,11,14H,7-8,10H2,1-6H3,(H,17,20)/b12-9+/t14-/m1/s1. The highest BCUT2D eigenvalue weighted by Crippen LogP contribution is 2.13. The summed E-state index contributed by atoms with van der Waals surface area (Å²) in [6.45, 7) is 9.15. The van der Waals surface area contributed by atoms with Gasteiger partial charge >= 0.3 is 0 Å². The first-order valence-corrected chi connectivity index (χ1v) is 7.42. The zero-order chi connectivity index (χ0) is 16.6. The number of nitrogens with one attached hydrogen (secondary N) is 1. The van der Waals surface area contributed by atoms with Crippen LogP contribution >= 0.6 is 0 Å². The van der Waals surface area contributed by atoms with Gasteiger partial charge < -0.3 is 10.2 Å². The number of hydrogen-bond donors (Lipinski definition) is 1. The maximum absolute atomic E-state index is 12.1. The molecule has 1 atom stereocenters. The van der Waals surface area contributed by atoms with E-state index in [-0.39, 0.29) is 36.1 Å². The second kappa shape index (κ2) is 9.32. The Morgan fingerprint density at radius 2 is 1.76 bits per heavy atom. The van der Waals surface area contributed by atoms with E-state index < -0.39 is 0 Å². The Bertz CT molecular complexity index is 414. The zero-order valence-electron chi connectivity index (χ0n) is 14.0. The van der Waals surface area contributed by atoms with Gasteiger partial charge in [0.2, 0.25) is 11.8 Å². The largest absolute Gasteiger partial charge is 0.347 e. The number of amides is 2. The van der Waals surface area contributed by atoms with Crippen molar-refractivity contribution in [1.82, 2.24) is 10.2 Å². The zero-order valence-corrected chi connectivity index (χ0v) is 14.0. The molecule has 120 valence electrons. The average Bonchev–Trinajstić information content (AvgIpc) is 2.40. The molecule has 2 amide bonds. The molecular weight excluding hydrogens is 268 g/mol. The number of nitrogens with zero attached hydrogens (tertiary/aromatic N) is 1. The van der Waals surface area contributed by atoms with Crippen LogP contribution in [-0.4, -0.2) is 42.1 Å². The molecule has 5 heteroatoms. The first kappa shape index (κ1) is 19.4. The number of likely N-dealkylation sites (N-methyl/N-ethyl adjacent to an activating group) is 1. The predicted octanol–water partition coefficient (Wildman–Crippen LogP) is 1.92. The molecule has 0 aliphatic rings. The Morgan fingerprint density at radius 3 is 2.19 bits per heavy atom. The van der Waals surface area contributed by atoms with Gasteiger partial charge in [-0.2, -0.15) is 0 Å². The molecule has 0 saturated heterocycles. The lowest BCUT2D eigenvalue weighted by molar-refractivity contribution is -0.133. The molecule has 0 aliphatic heterocycles. The molecule has 0 saturated carbocycles. The van der Waals surface area contributed by atoms with Gasteiger partial charge in [-0.15, -0.1) is 0 Å². The second-order valence-corrected chi connectivity index (χ2v) is 5.67. The number of rotatable bonds is 8. The van der Waals surface area contributed by atoms with Crippen molar-refractivity contribution in [2.45, 2.75) is 53.5 Å². The maximum atomic E-state index is 12.1. The third kappa shape index (κ3) is 7.06. The molecule has 0 unspecified atom stereocenters. The average molecular weight is 296 g/mol. The number of hydrogen-bond acceptors (Lipinski definition) is 3. The topological polar surface area (TPSA) is 66.5 Å². The monoisotopic (exact) mass is 296 g/mol. The van der Waals surface area contributed by atoms with Crippen LogP contribution in [0, 0.1) is 5.92 Å². The Balaban J connectivity index is 4.78. The minimum absolute atomic E-state index is 0.00209. The third-order valence-electron chi connectivity index (χ3n) is 3.41. The van der Waals surface area contributed by atoms with E-state index >= 15 is 0 Å². The van der Waals surface area contributed by atoms with Crippen molar-refractivity contribution >= 4 is 17.6 Å². The fourth-order valence-electron chi connectivity index (χ4n) is 1.91. The number of carbonyl (C=O) groups excluding carboxylic acids is 3. The van der Waals surface area contributed by atoms with Gasteiger partial charge in [0, 0.05) is 13.5 Å². The summed E-state index contributed by atoms with van der Waals surface area (Å²) < 4.78 is 0. The van der Waals surface area contributed by atoms with Gasteiger partial charge in [-0.3, -0.25) is 14.4 Å². The van der Waals surface area contributed by atoms with Crippen LogP contribution in [0.5, 0.6) is 0 Å². The highest BCUT2D eigenvalue weighted by molar-refractivity contribution is 5.92. The molecule has 0 aliphatic carbocycles. The van der Waals surface area contributed by atoms with Crippen molar-refractivity contribution in [1.29, 1.82) is 0 Å². The van der Waals surface area contributed by atoms with Crippen LogP contribution in [0.25, 0.3) is 0 Å². The Kier molecular flexibility index (Phi) is 8.58. The van der Waals surface area contributed by atoms with Gasteiger partial charge in [-0.25, -0.2) is 0 Å². The van der Waals surface area contributed by atoms with E-state index in [1.54, 1.807) is 18.9 Å². The van der Waals surface area contributed by atoms with Gasteiger partial charge in [0.15, 0.2) is 5.78 Å². The highest BCUT2D eigenvalue weighted by atomic mass is 16.2. The second-order valence-electron chi connectivity index (χ2n) is 5.67. The van der Waals surface area contributed by atoms with Crippen LogP contribution in [0.1, 0.15) is 47.5 Å². The summed E-state index contributed by atoms with van der Waals surface area (Å²) >= 11 is 0. The van der Waals surface area contributed by atoms with E-state index in [9.17, 15) is 14.4 Å². The lowest BCUT2D eigenvalue weighted by atomic mass is 9.99. The molecule has 21 heavy (non-hydrogen) atoms. The highest BCUT2D eigenvalue weighted by Gasteiger charge is 2.21. The SMILES string of the molecule is CCCC(=O)NCC(=O)N(C)[C@H](/C=C(\C)C(C)=O)C(C)C. The van der Waals surface area contributed by atoms with Gasteiger partial charge in [-0.05, 0) is 31.8 Å². The number of carbonyl (C=O) groups is 3. The Labute approximate surface area is 127 Å². The van der Waals surface area contributed by atoms with Crippen LogP contribution in [0.15, 0.2) is 11.6 Å². The fraction of sp³-hybridized carbons (Fsp3) is 0.688. The summed E-state index contributed by atoms with van der Waals surface area (Å²) in [6.07, 6.45) is 3.00. The fourth-order valence-corrected chi connectivity index (χ4v) is 1.91. The summed E-state index contributed by atoms with van der Waals surface area (Å²) in [5.41, 5.74) is 0.642. The summed E-state index contributed by atoms with van der Waals surface area (Å²) in [4.78, 5) is 36.5. The lowest BCUT2D eigenvalue weighted by Crippen LogP contribution is -2.44. The normalized spacial score (nSPS) is 13.0. The molecule has 0 bridgehead atoms. The summed E-state index contributed by atoms with van der Waals surface area (Å²) in [5.74, 6) is -0.0982. The number of ketones is 1. The number of allylic oxidation sites excluding steroid dienone is 1. The van der Waals surface area contributed by atoms with Gasteiger partial charge in [0.1, 0.15) is 0 Å². The van der Waals surface area contributed by atoms with Crippen LogP contribution in [0.4, 0.5) is 0 Å². The van der Waals surface area contributed by atoms with Gasteiger partial charge in [0.25, 0.3) is 0 Å². The smallest absolute Gasteiger partial charge is 0.242 e. The van der Waals surface area contributed by atoms with Crippen molar-refractivity contribution in [2.24, 2.45) is 5.92 Å². The van der Waals surface area contributed by atoms with Crippen molar-refractivity contribution in [2.75, 3.05) is 13.6 Å². The molecule has 5 nitrogen and oxygen atoms in total. The summed E-state index contributed by atoms with van der Waals surface area (Å²) in [7, 11) is 1.70. The van der Waals surface area contributed by atoms with Crippen LogP contribution in [0.2, 0.25) is 0 Å². The molecule has 0 heterocycles. The lowest BCUT2D eigenvalue weighted by Gasteiger charge is -2.29. The van der Waals surface area contributed by atoms with E-state index in [0.29, 0.717) is 12.0 Å². The Morgan fingerprint density at radius 1 is 1.19 bits per heavy atom. The first-order chi connectivity index (χ1) is 9.70. The van der Waals surface area contributed by atoms with E-state index in [0.717, 1.165) is 6.42 Å². The third-order valence-corrected chi connectivity index (χ3v) is 3.41. The minimum atomic E-state index is -0.163. The molecule has 0 aromatic rings. The Hall–Kier alpha value is -1.65. The minimum Gasteiger partial charge on any atom is -0.347 e. The van der Waals surface area contributed by atoms with Crippen LogP contribution < -0.4 is 5.32 Å².